The largest absolute Gasteiger partial charge is 0.349 e. The van der Waals surface area contributed by atoms with Crippen molar-refractivity contribution in [3.05, 3.63) is 18.2 Å². The number of sulfone groups is 1. The molecular formula is C13H20N4O3S. The van der Waals surface area contributed by atoms with E-state index in [1.165, 1.54) is 0 Å². The van der Waals surface area contributed by atoms with Crippen molar-refractivity contribution in [2.75, 3.05) is 24.6 Å². The molecule has 0 unspecified atom stereocenters. The fourth-order valence-electron chi connectivity index (χ4n) is 3.05. The van der Waals surface area contributed by atoms with Gasteiger partial charge in [0.05, 0.1) is 30.1 Å². The Morgan fingerprint density at radius 2 is 2.29 bits per heavy atom. The van der Waals surface area contributed by atoms with Crippen molar-refractivity contribution in [2.24, 2.45) is 0 Å². The number of fused-ring (bicyclic) bond motifs is 1. The van der Waals surface area contributed by atoms with Crippen molar-refractivity contribution in [2.45, 2.75) is 32.0 Å². The maximum Gasteiger partial charge on any atom is 0.234 e. The molecule has 0 bridgehead atoms. The van der Waals surface area contributed by atoms with Crippen LogP contribution >= 0.6 is 0 Å². The van der Waals surface area contributed by atoms with Crippen molar-refractivity contribution in [1.82, 2.24) is 19.8 Å². The van der Waals surface area contributed by atoms with Gasteiger partial charge in [0.1, 0.15) is 5.82 Å². The average molecular weight is 312 g/mol. The van der Waals surface area contributed by atoms with Gasteiger partial charge in [-0.05, 0) is 13.3 Å². The Hall–Kier alpha value is -1.41. The summed E-state index contributed by atoms with van der Waals surface area (Å²) in [5, 5.41) is 2.89. The van der Waals surface area contributed by atoms with Crippen molar-refractivity contribution in [3.8, 4) is 0 Å². The van der Waals surface area contributed by atoms with Gasteiger partial charge in [0, 0.05) is 25.5 Å². The molecule has 2 aliphatic rings. The molecule has 7 nitrogen and oxygen atoms in total. The van der Waals surface area contributed by atoms with Crippen molar-refractivity contribution in [3.63, 3.8) is 0 Å². The number of imidazole rings is 1. The standard InChI is InChI=1S/C13H20N4O3S/c1-13(2-7-21(19,20)10-13)15-12(18)9-16-5-6-17-4-3-14-11(17)8-16/h3-4H,2,5-10H2,1H3,(H,15,18)/t13-/m1/s1. The highest BCUT2D eigenvalue weighted by atomic mass is 32.2. The van der Waals surface area contributed by atoms with Crippen LogP contribution in [0.1, 0.15) is 19.2 Å². The molecule has 0 aliphatic carbocycles. The third kappa shape index (κ3) is 3.26. The van der Waals surface area contributed by atoms with Crippen LogP contribution in [0.3, 0.4) is 0 Å². The van der Waals surface area contributed by atoms with Crippen molar-refractivity contribution >= 4 is 15.7 Å². The second-order valence-corrected chi connectivity index (χ2v) is 8.38. The van der Waals surface area contributed by atoms with Gasteiger partial charge in [0.25, 0.3) is 0 Å². The Bertz CT molecular complexity index is 654. The summed E-state index contributed by atoms with van der Waals surface area (Å²) in [6, 6.07) is 0. The van der Waals surface area contributed by atoms with Crippen molar-refractivity contribution in [1.29, 1.82) is 0 Å². The quantitative estimate of drug-likeness (QED) is 0.805. The van der Waals surface area contributed by atoms with Crippen LogP contribution in [-0.4, -0.2) is 58.9 Å². The Morgan fingerprint density at radius 3 is 3.00 bits per heavy atom. The SMILES string of the molecule is C[C@@]1(NC(=O)CN2CCn3ccnc3C2)CCS(=O)(=O)C1. The van der Waals surface area contributed by atoms with E-state index >= 15 is 0 Å². The van der Waals surface area contributed by atoms with Gasteiger partial charge in [0.2, 0.25) is 5.91 Å². The third-order valence-electron chi connectivity index (χ3n) is 4.14. The molecule has 0 aromatic carbocycles. The molecule has 3 rings (SSSR count). The van der Waals surface area contributed by atoms with E-state index in [1.54, 1.807) is 13.1 Å². The first-order chi connectivity index (χ1) is 9.85. The molecule has 0 spiro atoms. The summed E-state index contributed by atoms with van der Waals surface area (Å²) in [5.74, 6) is 1.04. The van der Waals surface area contributed by atoms with E-state index in [0.29, 0.717) is 13.0 Å². The zero-order valence-electron chi connectivity index (χ0n) is 12.1. The van der Waals surface area contributed by atoms with Crippen LogP contribution in [0.2, 0.25) is 0 Å². The predicted octanol–water partition coefficient (Wildman–Crippen LogP) is -0.608. The van der Waals surface area contributed by atoms with Gasteiger partial charge in [0.15, 0.2) is 9.84 Å². The first-order valence-corrected chi connectivity index (χ1v) is 8.91. The summed E-state index contributed by atoms with van der Waals surface area (Å²) in [7, 11) is -3.01. The zero-order chi connectivity index (χ0) is 15.1. The number of carbonyl (C=O) groups excluding carboxylic acids is 1. The zero-order valence-corrected chi connectivity index (χ0v) is 12.9. The number of nitrogens with one attached hydrogen (secondary N) is 1. The van der Waals surface area contributed by atoms with E-state index in [-0.39, 0.29) is 24.0 Å². The van der Waals surface area contributed by atoms with Crippen LogP contribution in [0.15, 0.2) is 12.4 Å². The van der Waals surface area contributed by atoms with Gasteiger partial charge in [-0.3, -0.25) is 9.69 Å². The number of hydrogen-bond acceptors (Lipinski definition) is 5. The van der Waals surface area contributed by atoms with E-state index in [2.05, 4.69) is 14.9 Å². The maximum absolute atomic E-state index is 12.2. The minimum Gasteiger partial charge on any atom is -0.349 e. The fourth-order valence-corrected chi connectivity index (χ4v) is 5.14. The number of hydrogen-bond donors (Lipinski definition) is 1. The number of carbonyl (C=O) groups is 1. The van der Waals surface area contributed by atoms with Gasteiger partial charge in [-0.2, -0.15) is 0 Å². The topological polar surface area (TPSA) is 84.3 Å². The molecule has 3 heterocycles. The highest BCUT2D eigenvalue weighted by Crippen LogP contribution is 2.22. The second kappa shape index (κ2) is 5.10. The van der Waals surface area contributed by atoms with Crippen LogP contribution in [0.25, 0.3) is 0 Å². The maximum atomic E-state index is 12.2. The predicted molar refractivity (Wildman–Crippen MR) is 77.3 cm³/mol. The summed E-state index contributed by atoms with van der Waals surface area (Å²) >= 11 is 0. The Labute approximate surface area is 124 Å². The Balaban J connectivity index is 1.56. The van der Waals surface area contributed by atoms with E-state index in [4.69, 9.17) is 0 Å². The number of rotatable bonds is 3. The lowest BCUT2D eigenvalue weighted by Gasteiger charge is -2.29. The van der Waals surface area contributed by atoms with Gasteiger partial charge < -0.3 is 9.88 Å². The molecule has 0 radical (unpaired) electrons. The molecular weight excluding hydrogens is 292 g/mol. The summed E-state index contributed by atoms with van der Waals surface area (Å²) in [5.41, 5.74) is -0.621. The Kier molecular flexibility index (Phi) is 3.53. The van der Waals surface area contributed by atoms with E-state index in [1.807, 2.05) is 11.1 Å². The molecule has 21 heavy (non-hydrogen) atoms. The molecule has 1 saturated heterocycles. The smallest absolute Gasteiger partial charge is 0.234 e. The van der Waals surface area contributed by atoms with Crippen LogP contribution in [-0.2, 0) is 27.7 Å². The monoisotopic (exact) mass is 312 g/mol. The highest BCUT2D eigenvalue weighted by molar-refractivity contribution is 7.91. The lowest BCUT2D eigenvalue weighted by molar-refractivity contribution is -0.124. The van der Waals surface area contributed by atoms with E-state index in [9.17, 15) is 13.2 Å². The normalized spacial score (nSPS) is 28.2. The van der Waals surface area contributed by atoms with E-state index < -0.39 is 15.4 Å². The summed E-state index contributed by atoms with van der Waals surface area (Å²) < 4.78 is 25.2. The number of amides is 1. The first kappa shape index (κ1) is 14.5. The van der Waals surface area contributed by atoms with E-state index in [0.717, 1.165) is 18.9 Å². The lowest BCUT2D eigenvalue weighted by Crippen LogP contribution is -2.51. The molecule has 1 amide bonds. The van der Waals surface area contributed by atoms with Crippen LogP contribution in [0.5, 0.6) is 0 Å². The van der Waals surface area contributed by atoms with Gasteiger partial charge in [-0.1, -0.05) is 0 Å². The summed E-state index contributed by atoms with van der Waals surface area (Å²) in [6.45, 7) is 4.36. The molecule has 1 aromatic rings. The fraction of sp³-hybridized carbons (Fsp3) is 0.692. The minimum atomic E-state index is -3.01. The average Bonchev–Trinajstić information content (AvgIpc) is 2.92. The first-order valence-electron chi connectivity index (χ1n) is 7.09. The molecule has 116 valence electrons. The lowest BCUT2D eigenvalue weighted by atomic mass is 10.0. The van der Waals surface area contributed by atoms with Crippen LogP contribution < -0.4 is 5.32 Å². The highest BCUT2D eigenvalue weighted by Gasteiger charge is 2.39. The molecule has 1 aromatic heterocycles. The number of nitrogens with zero attached hydrogens (tertiary/aromatic N) is 3. The van der Waals surface area contributed by atoms with Crippen LogP contribution in [0, 0.1) is 0 Å². The van der Waals surface area contributed by atoms with Gasteiger partial charge in [-0.15, -0.1) is 0 Å². The molecule has 1 fully saturated rings. The Morgan fingerprint density at radius 1 is 1.48 bits per heavy atom. The van der Waals surface area contributed by atoms with Gasteiger partial charge in [-0.25, -0.2) is 13.4 Å². The minimum absolute atomic E-state index is 0.0378. The summed E-state index contributed by atoms with van der Waals surface area (Å²) in [4.78, 5) is 18.5. The molecule has 1 atom stereocenters. The molecule has 0 saturated carbocycles. The van der Waals surface area contributed by atoms with Crippen LogP contribution in [0.4, 0.5) is 0 Å². The number of aromatic nitrogens is 2. The molecule has 1 N–H and O–H groups in total. The molecule has 8 heteroatoms. The van der Waals surface area contributed by atoms with Crippen molar-refractivity contribution < 1.29 is 13.2 Å². The molecule has 2 aliphatic heterocycles. The second-order valence-electron chi connectivity index (χ2n) is 6.20. The van der Waals surface area contributed by atoms with Gasteiger partial charge >= 0.3 is 0 Å². The third-order valence-corrected chi connectivity index (χ3v) is 6.04. The summed E-state index contributed by atoms with van der Waals surface area (Å²) in [6.07, 6.45) is 4.20.